The van der Waals surface area contributed by atoms with E-state index in [1.54, 1.807) is 11.3 Å². The average Bonchev–Trinajstić information content (AvgIpc) is 2.73. The fraction of sp³-hybridized carbons (Fsp3) is 0.583. The fourth-order valence-electron chi connectivity index (χ4n) is 1.97. The maximum Gasteiger partial charge on any atom is 0.224 e. The largest absolute Gasteiger partial charge is 0.352 e. The molecule has 1 amide bonds. The molecule has 2 rings (SSSR count). The number of piperidine rings is 1. The Morgan fingerprint density at radius 2 is 2.50 bits per heavy atom. The zero-order chi connectivity index (χ0) is 11.4. The third kappa shape index (κ3) is 2.83. The third-order valence-electron chi connectivity index (χ3n) is 3.08. The van der Waals surface area contributed by atoms with Gasteiger partial charge >= 0.3 is 0 Å². The molecule has 1 fully saturated rings. The minimum Gasteiger partial charge on any atom is -0.352 e. The molecule has 2 heterocycles. The Balaban J connectivity index is 1.81. The van der Waals surface area contributed by atoms with Gasteiger partial charge in [0, 0.05) is 13.1 Å². The molecule has 0 aromatic carbocycles. The zero-order valence-corrected chi connectivity index (χ0v) is 10.4. The first-order chi connectivity index (χ1) is 7.77. The van der Waals surface area contributed by atoms with Gasteiger partial charge in [0.15, 0.2) is 0 Å². The minimum atomic E-state index is 0.160. The molecule has 88 valence electrons. The smallest absolute Gasteiger partial charge is 0.224 e. The molecule has 0 aliphatic carbocycles. The Morgan fingerprint density at radius 3 is 3.12 bits per heavy atom. The van der Waals surface area contributed by atoms with E-state index in [0.717, 1.165) is 25.9 Å². The summed E-state index contributed by atoms with van der Waals surface area (Å²) in [5, 5.41) is 10.5. The van der Waals surface area contributed by atoms with Gasteiger partial charge < -0.3 is 10.6 Å². The van der Waals surface area contributed by atoms with Gasteiger partial charge in [-0.2, -0.15) is 11.3 Å². The molecular weight excluding hydrogens is 220 g/mol. The lowest BCUT2D eigenvalue weighted by Gasteiger charge is -2.21. The van der Waals surface area contributed by atoms with Gasteiger partial charge in [0.1, 0.15) is 0 Å². The van der Waals surface area contributed by atoms with Crippen molar-refractivity contribution in [2.24, 2.45) is 5.92 Å². The topological polar surface area (TPSA) is 41.1 Å². The third-order valence-corrected chi connectivity index (χ3v) is 3.99. The molecule has 4 heteroatoms. The predicted molar refractivity (Wildman–Crippen MR) is 66.5 cm³/mol. The van der Waals surface area contributed by atoms with Crippen LogP contribution in [0.1, 0.15) is 24.0 Å². The summed E-state index contributed by atoms with van der Waals surface area (Å²) >= 11 is 1.69. The first-order valence-electron chi connectivity index (χ1n) is 5.77. The summed E-state index contributed by atoms with van der Waals surface area (Å²) in [7, 11) is 0. The van der Waals surface area contributed by atoms with Crippen LogP contribution >= 0.6 is 11.3 Å². The number of hydrogen-bond donors (Lipinski definition) is 2. The molecule has 0 spiro atoms. The Bertz CT molecular complexity index is 356. The summed E-state index contributed by atoms with van der Waals surface area (Å²) < 4.78 is 0. The van der Waals surface area contributed by atoms with E-state index in [1.165, 1.54) is 11.1 Å². The first-order valence-corrected chi connectivity index (χ1v) is 6.72. The number of hydrogen-bond acceptors (Lipinski definition) is 3. The van der Waals surface area contributed by atoms with Crippen molar-refractivity contribution in [1.29, 1.82) is 0 Å². The number of carbonyl (C=O) groups is 1. The van der Waals surface area contributed by atoms with Crippen molar-refractivity contribution in [1.82, 2.24) is 10.6 Å². The number of aryl methyl sites for hydroxylation is 1. The lowest BCUT2D eigenvalue weighted by atomic mass is 9.99. The lowest BCUT2D eigenvalue weighted by Crippen LogP contribution is -2.40. The molecule has 1 aliphatic heterocycles. The van der Waals surface area contributed by atoms with Crippen molar-refractivity contribution in [2.45, 2.75) is 26.3 Å². The molecule has 0 unspecified atom stereocenters. The van der Waals surface area contributed by atoms with Gasteiger partial charge in [-0.3, -0.25) is 4.79 Å². The molecule has 1 aliphatic rings. The highest BCUT2D eigenvalue weighted by molar-refractivity contribution is 7.08. The fourth-order valence-corrected chi connectivity index (χ4v) is 2.83. The summed E-state index contributed by atoms with van der Waals surface area (Å²) in [5.74, 6) is 0.352. The molecule has 16 heavy (non-hydrogen) atoms. The van der Waals surface area contributed by atoms with Crippen LogP contribution in [0.5, 0.6) is 0 Å². The van der Waals surface area contributed by atoms with Crippen LogP contribution in [-0.4, -0.2) is 19.0 Å². The van der Waals surface area contributed by atoms with Crippen LogP contribution in [0.15, 0.2) is 10.8 Å². The Kier molecular flexibility index (Phi) is 3.96. The highest BCUT2D eigenvalue weighted by Gasteiger charge is 2.20. The molecule has 1 aromatic rings. The van der Waals surface area contributed by atoms with Crippen LogP contribution in [0.3, 0.4) is 0 Å². The summed E-state index contributed by atoms with van der Waals surface area (Å²) in [6.45, 7) is 4.63. The van der Waals surface area contributed by atoms with Crippen LogP contribution in [0, 0.1) is 12.8 Å². The van der Waals surface area contributed by atoms with Crippen LogP contribution in [0.4, 0.5) is 0 Å². The second-order valence-corrected chi connectivity index (χ2v) is 5.08. The van der Waals surface area contributed by atoms with Crippen molar-refractivity contribution in [2.75, 3.05) is 13.1 Å². The van der Waals surface area contributed by atoms with Crippen molar-refractivity contribution in [3.05, 3.63) is 21.9 Å². The second kappa shape index (κ2) is 5.46. The van der Waals surface area contributed by atoms with Crippen molar-refractivity contribution >= 4 is 17.2 Å². The zero-order valence-electron chi connectivity index (χ0n) is 9.58. The monoisotopic (exact) mass is 238 g/mol. The highest BCUT2D eigenvalue weighted by atomic mass is 32.1. The van der Waals surface area contributed by atoms with Crippen LogP contribution in [0.2, 0.25) is 0 Å². The van der Waals surface area contributed by atoms with E-state index in [1.807, 2.05) is 0 Å². The molecule has 0 bridgehead atoms. The van der Waals surface area contributed by atoms with Gasteiger partial charge in [-0.25, -0.2) is 0 Å². The van der Waals surface area contributed by atoms with E-state index in [4.69, 9.17) is 0 Å². The molecule has 0 radical (unpaired) electrons. The number of nitrogens with one attached hydrogen (secondary N) is 2. The van der Waals surface area contributed by atoms with E-state index >= 15 is 0 Å². The SMILES string of the molecule is Cc1cscc1CNC(=O)[C@@H]1CCCNC1. The molecule has 3 nitrogen and oxygen atoms in total. The maximum atomic E-state index is 11.9. The summed E-state index contributed by atoms with van der Waals surface area (Å²) in [4.78, 5) is 11.9. The Hall–Kier alpha value is -0.870. The van der Waals surface area contributed by atoms with E-state index in [2.05, 4.69) is 28.3 Å². The number of thiophene rings is 1. The van der Waals surface area contributed by atoms with E-state index < -0.39 is 0 Å². The van der Waals surface area contributed by atoms with Crippen LogP contribution in [-0.2, 0) is 11.3 Å². The Morgan fingerprint density at radius 1 is 1.62 bits per heavy atom. The van der Waals surface area contributed by atoms with Crippen molar-refractivity contribution < 1.29 is 4.79 Å². The van der Waals surface area contributed by atoms with Crippen LogP contribution in [0.25, 0.3) is 0 Å². The number of rotatable bonds is 3. The normalized spacial score (nSPS) is 20.7. The first kappa shape index (κ1) is 11.6. The molecular formula is C12H18N2OS. The van der Waals surface area contributed by atoms with Gasteiger partial charge in [-0.05, 0) is 48.2 Å². The summed E-state index contributed by atoms with van der Waals surface area (Å²) in [6, 6.07) is 0. The average molecular weight is 238 g/mol. The molecule has 1 atom stereocenters. The van der Waals surface area contributed by atoms with Crippen molar-refractivity contribution in [3.63, 3.8) is 0 Å². The highest BCUT2D eigenvalue weighted by Crippen LogP contribution is 2.14. The predicted octanol–water partition coefficient (Wildman–Crippen LogP) is 1.67. The molecule has 1 saturated heterocycles. The van der Waals surface area contributed by atoms with Gasteiger partial charge in [-0.1, -0.05) is 0 Å². The quantitative estimate of drug-likeness (QED) is 0.841. The number of carbonyl (C=O) groups excluding carboxylic acids is 1. The molecule has 2 N–H and O–H groups in total. The minimum absolute atomic E-state index is 0.160. The van der Waals surface area contributed by atoms with Gasteiger partial charge in [0.25, 0.3) is 0 Å². The van der Waals surface area contributed by atoms with E-state index in [0.29, 0.717) is 6.54 Å². The standard InChI is InChI=1S/C12H18N2OS/c1-9-7-16-8-11(9)6-14-12(15)10-3-2-4-13-5-10/h7-8,10,13H,2-6H2,1H3,(H,14,15)/t10-/m1/s1. The van der Waals surface area contributed by atoms with E-state index in [-0.39, 0.29) is 11.8 Å². The second-order valence-electron chi connectivity index (χ2n) is 4.34. The summed E-state index contributed by atoms with van der Waals surface area (Å²) in [6.07, 6.45) is 2.12. The number of amides is 1. The Labute approximate surface area is 100 Å². The molecule has 0 saturated carbocycles. The van der Waals surface area contributed by atoms with Gasteiger partial charge in [0.2, 0.25) is 5.91 Å². The summed E-state index contributed by atoms with van der Waals surface area (Å²) in [5.41, 5.74) is 2.51. The maximum absolute atomic E-state index is 11.9. The van der Waals surface area contributed by atoms with Crippen molar-refractivity contribution in [3.8, 4) is 0 Å². The van der Waals surface area contributed by atoms with Gasteiger partial charge in [-0.15, -0.1) is 0 Å². The van der Waals surface area contributed by atoms with E-state index in [9.17, 15) is 4.79 Å². The lowest BCUT2D eigenvalue weighted by molar-refractivity contribution is -0.125. The molecule has 1 aromatic heterocycles. The van der Waals surface area contributed by atoms with Gasteiger partial charge in [0.05, 0.1) is 5.92 Å². The van der Waals surface area contributed by atoms with Crippen LogP contribution < -0.4 is 10.6 Å².